The third-order valence-electron chi connectivity index (χ3n) is 2.55. The van der Waals surface area contributed by atoms with Crippen LogP contribution in [0, 0.1) is 0 Å². The van der Waals surface area contributed by atoms with E-state index in [4.69, 9.17) is 4.74 Å². The van der Waals surface area contributed by atoms with Gasteiger partial charge in [-0.15, -0.1) is 0 Å². The van der Waals surface area contributed by atoms with Crippen molar-refractivity contribution in [1.29, 1.82) is 0 Å². The molecule has 0 unspecified atom stereocenters. The second-order valence-corrected chi connectivity index (χ2v) is 4.72. The Hall–Kier alpha value is -1.94. The lowest BCUT2D eigenvalue weighted by atomic mass is 10.1. The van der Waals surface area contributed by atoms with Crippen molar-refractivity contribution in [2.75, 3.05) is 0 Å². The summed E-state index contributed by atoms with van der Waals surface area (Å²) in [6.45, 7) is 0. The van der Waals surface area contributed by atoms with Crippen LogP contribution in [0.1, 0.15) is 0 Å². The molecule has 1 aromatic heterocycles. The number of fused-ring (bicyclic) bond motifs is 1. The largest absolute Gasteiger partial charge is 0.439 e. The number of nitrogens with zero attached hydrogens (tertiary/aromatic N) is 2. The first-order valence-corrected chi connectivity index (χ1v) is 6.24. The van der Waals surface area contributed by atoms with E-state index in [-0.39, 0.29) is 0 Å². The average molecular weight is 301 g/mol. The van der Waals surface area contributed by atoms with Crippen LogP contribution in [0.25, 0.3) is 10.8 Å². The number of hydrogen-bond acceptors (Lipinski definition) is 3. The molecule has 0 fully saturated rings. The van der Waals surface area contributed by atoms with Gasteiger partial charge in [0.25, 0.3) is 0 Å². The van der Waals surface area contributed by atoms with Gasteiger partial charge in [-0.05, 0) is 35.0 Å². The van der Waals surface area contributed by atoms with Gasteiger partial charge in [-0.25, -0.2) is 9.97 Å². The van der Waals surface area contributed by atoms with Crippen molar-refractivity contribution in [1.82, 2.24) is 9.97 Å². The zero-order chi connectivity index (χ0) is 12.4. The van der Waals surface area contributed by atoms with Gasteiger partial charge in [-0.2, -0.15) is 0 Å². The van der Waals surface area contributed by atoms with Gasteiger partial charge in [0.1, 0.15) is 12.1 Å². The van der Waals surface area contributed by atoms with Gasteiger partial charge >= 0.3 is 0 Å². The SMILES string of the molecule is Brc1ccc2cc(Oc3ccncn3)ccc2c1. The maximum Gasteiger partial charge on any atom is 0.222 e. The highest BCUT2D eigenvalue weighted by Crippen LogP contribution is 2.26. The molecule has 0 saturated carbocycles. The van der Waals surface area contributed by atoms with E-state index in [9.17, 15) is 0 Å². The molecule has 0 amide bonds. The number of aromatic nitrogens is 2. The third-order valence-corrected chi connectivity index (χ3v) is 3.04. The Labute approximate surface area is 113 Å². The van der Waals surface area contributed by atoms with Crippen LogP contribution in [0.4, 0.5) is 0 Å². The molecule has 0 aliphatic carbocycles. The first-order chi connectivity index (χ1) is 8.81. The van der Waals surface area contributed by atoms with Crippen LogP contribution in [0.5, 0.6) is 11.6 Å². The Morgan fingerprint density at radius 3 is 2.61 bits per heavy atom. The van der Waals surface area contributed by atoms with Crippen molar-refractivity contribution in [2.45, 2.75) is 0 Å². The smallest absolute Gasteiger partial charge is 0.222 e. The summed E-state index contributed by atoms with van der Waals surface area (Å²) in [5.41, 5.74) is 0. The van der Waals surface area contributed by atoms with Crippen molar-refractivity contribution in [2.24, 2.45) is 0 Å². The molecule has 0 N–H and O–H groups in total. The van der Waals surface area contributed by atoms with Crippen molar-refractivity contribution in [3.63, 3.8) is 0 Å². The molecule has 0 saturated heterocycles. The van der Waals surface area contributed by atoms with Gasteiger partial charge in [0.2, 0.25) is 5.88 Å². The van der Waals surface area contributed by atoms with Crippen molar-refractivity contribution in [3.8, 4) is 11.6 Å². The summed E-state index contributed by atoms with van der Waals surface area (Å²) in [5, 5.41) is 2.30. The van der Waals surface area contributed by atoms with Crippen LogP contribution in [-0.4, -0.2) is 9.97 Å². The summed E-state index contributed by atoms with van der Waals surface area (Å²) in [4.78, 5) is 7.88. The highest BCUT2D eigenvalue weighted by molar-refractivity contribution is 9.10. The zero-order valence-electron chi connectivity index (χ0n) is 9.38. The lowest BCUT2D eigenvalue weighted by Crippen LogP contribution is -1.87. The number of benzene rings is 2. The molecular weight excluding hydrogens is 292 g/mol. The second kappa shape index (κ2) is 4.74. The van der Waals surface area contributed by atoms with Gasteiger partial charge in [-0.3, -0.25) is 0 Å². The third kappa shape index (κ3) is 2.33. The topological polar surface area (TPSA) is 35.0 Å². The summed E-state index contributed by atoms with van der Waals surface area (Å²) in [7, 11) is 0. The molecule has 3 aromatic rings. The van der Waals surface area contributed by atoms with E-state index < -0.39 is 0 Å². The fourth-order valence-electron chi connectivity index (χ4n) is 1.72. The maximum absolute atomic E-state index is 5.65. The van der Waals surface area contributed by atoms with E-state index in [1.165, 1.54) is 11.7 Å². The summed E-state index contributed by atoms with van der Waals surface area (Å²) in [6, 6.07) is 13.8. The van der Waals surface area contributed by atoms with E-state index in [2.05, 4.69) is 32.0 Å². The summed E-state index contributed by atoms with van der Waals surface area (Å²) >= 11 is 3.46. The molecule has 3 rings (SSSR count). The predicted octanol–water partition coefficient (Wildman–Crippen LogP) is 4.18. The number of hydrogen-bond donors (Lipinski definition) is 0. The Bertz CT molecular complexity index is 686. The minimum absolute atomic E-state index is 0.543. The lowest BCUT2D eigenvalue weighted by Gasteiger charge is -2.05. The minimum atomic E-state index is 0.543. The molecule has 4 heteroatoms. The molecule has 0 aliphatic heterocycles. The van der Waals surface area contributed by atoms with Gasteiger partial charge in [-0.1, -0.05) is 28.1 Å². The molecule has 1 heterocycles. The Balaban J connectivity index is 1.96. The van der Waals surface area contributed by atoms with Crippen LogP contribution in [-0.2, 0) is 0 Å². The number of halogens is 1. The quantitative estimate of drug-likeness (QED) is 0.712. The molecule has 0 aliphatic rings. The molecule has 2 aromatic carbocycles. The van der Waals surface area contributed by atoms with Crippen LogP contribution in [0.2, 0.25) is 0 Å². The fraction of sp³-hybridized carbons (Fsp3) is 0. The molecule has 18 heavy (non-hydrogen) atoms. The summed E-state index contributed by atoms with van der Waals surface area (Å²) < 4.78 is 6.72. The monoisotopic (exact) mass is 300 g/mol. The zero-order valence-corrected chi connectivity index (χ0v) is 11.0. The van der Waals surface area contributed by atoms with Gasteiger partial charge in [0, 0.05) is 16.7 Å². The van der Waals surface area contributed by atoms with Crippen LogP contribution < -0.4 is 4.74 Å². The fourth-order valence-corrected chi connectivity index (χ4v) is 2.10. The van der Waals surface area contributed by atoms with Gasteiger partial charge < -0.3 is 4.74 Å². The lowest BCUT2D eigenvalue weighted by molar-refractivity contribution is 0.462. The van der Waals surface area contributed by atoms with Gasteiger partial charge in [0.15, 0.2) is 0 Å². The van der Waals surface area contributed by atoms with E-state index in [1.54, 1.807) is 12.3 Å². The predicted molar refractivity (Wildman–Crippen MR) is 73.8 cm³/mol. The van der Waals surface area contributed by atoms with Crippen LogP contribution in [0.3, 0.4) is 0 Å². The van der Waals surface area contributed by atoms with E-state index >= 15 is 0 Å². The highest BCUT2D eigenvalue weighted by atomic mass is 79.9. The molecule has 0 bridgehead atoms. The molecule has 0 atom stereocenters. The highest BCUT2D eigenvalue weighted by Gasteiger charge is 2.00. The Morgan fingerprint density at radius 1 is 0.944 bits per heavy atom. The van der Waals surface area contributed by atoms with Crippen molar-refractivity contribution >= 4 is 26.7 Å². The second-order valence-electron chi connectivity index (χ2n) is 3.80. The number of ether oxygens (including phenoxy) is 1. The first-order valence-electron chi connectivity index (χ1n) is 5.44. The molecule has 3 nitrogen and oxygen atoms in total. The molecule has 0 radical (unpaired) electrons. The summed E-state index contributed by atoms with van der Waals surface area (Å²) in [6.07, 6.45) is 3.12. The molecule has 0 spiro atoms. The van der Waals surface area contributed by atoms with Crippen molar-refractivity contribution < 1.29 is 4.74 Å². The first kappa shape index (κ1) is 11.2. The van der Waals surface area contributed by atoms with Crippen LogP contribution >= 0.6 is 15.9 Å². The molecule has 88 valence electrons. The van der Waals surface area contributed by atoms with Crippen LogP contribution in [0.15, 0.2) is 59.5 Å². The Kier molecular flexibility index (Phi) is 2.94. The average Bonchev–Trinajstić information content (AvgIpc) is 2.40. The van der Waals surface area contributed by atoms with E-state index in [1.807, 2.05) is 30.3 Å². The van der Waals surface area contributed by atoms with E-state index in [0.717, 1.165) is 15.6 Å². The Morgan fingerprint density at radius 2 is 1.78 bits per heavy atom. The van der Waals surface area contributed by atoms with E-state index in [0.29, 0.717) is 5.88 Å². The van der Waals surface area contributed by atoms with Gasteiger partial charge in [0.05, 0.1) is 0 Å². The molecular formula is C14H9BrN2O. The normalized spacial score (nSPS) is 10.5. The maximum atomic E-state index is 5.65. The summed E-state index contributed by atoms with van der Waals surface area (Å²) in [5.74, 6) is 1.31. The van der Waals surface area contributed by atoms with Crippen molar-refractivity contribution in [3.05, 3.63) is 59.5 Å². The number of rotatable bonds is 2. The minimum Gasteiger partial charge on any atom is -0.439 e. The standard InChI is InChI=1S/C14H9BrN2O/c15-12-3-1-11-8-13(4-2-10(11)7-12)18-14-5-6-16-9-17-14/h1-9H.